The van der Waals surface area contributed by atoms with Gasteiger partial charge in [0.15, 0.2) is 0 Å². The Hall–Kier alpha value is -1.94. The standard InChI is InChI=1S/C14H12N2OS/c1-9-15-13-11(14(17)16(9)2)8-12(18-13)10-6-4-3-5-7-10/h3-8H,1-2H3. The smallest absolute Gasteiger partial charge is 0.262 e. The molecule has 3 aromatic rings. The summed E-state index contributed by atoms with van der Waals surface area (Å²) in [5, 5.41) is 0.701. The minimum absolute atomic E-state index is 0.0240. The molecule has 0 atom stereocenters. The Kier molecular flexibility index (Phi) is 2.52. The minimum atomic E-state index is 0.0240. The number of aryl methyl sites for hydroxylation is 1. The second-order valence-corrected chi connectivity index (χ2v) is 5.25. The summed E-state index contributed by atoms with van der Waals surface area (Å²) in [6, 6.07) is 12.0. The van der Waals surface area contributed by atoms with Crippen LogP contribution in [0.2, 0.25) is 0 Å². The zero-order valence-corrected chi connectivity index (χ0v) is 11.0. The van der Waals surface area contributed by atoms with Crippen LogP contribution in [0.5, 0.6) is 0 Å². The molecule has 3 rings (SSSR count). The van der Waals surface area contributed by atoms with Gasteiger partial charge in [-0.2, -0.15) is 0 Å². The predicted octanol–water partition coefficient (Wildman–Crippen LogP) is 2.97. The Labute approximate surface area is 108 Å². The van der Waals surface area contributed by atoms with Crippen molar-refractivity contribution in [2.45, 2.75) is 6.92 Å². The third kappa shape index (κ3) is 1.66. The summed E-state index contributed by atoms with van der Waals surface area (Å²) in [6.07, 6.45) is 0. The molecule has 0 aliphatic rings. The van der Waals surface area contributed by atoms with Crippen molar-refractivity contribution in [3.63, 3.8) is 0 Å². The average Bonchev–Trinajstić information content (AvgIpc) is 2.81. The Balaban J connectivity index is 2.30. The summed E-state index contributed by atoms with van der Waals surface area (Å²) in [5.74, 6) is 0.744. The number of aromatic nitrogens is 2. The van der Waals surface area contributed by atoms with Crippen LogP contribution < -0.4 is 5.56 Å². The first kappa shape index (κ1) is 11.2. The van der Waals surface area contributed by atoms with E-state index in [1.54, 1.807) is 23.0 Å². The van der Waals surface area contributed by atoms with Crippen molar-refractivity contribution < 1.29 is 0 Å². The number of hydrogen-bond donors (Lipinski definition) is 0. The van der Waals surface area contributed by atoms with Crippen LogP contribution in [0.15, 0.2) is 41.2 Å². The minimum Gasteiger partial charge on any atom is -0.299 e. The molecule has 0 saturated heterocycles. The van der Waals surface area contributed by atoms with Crippen molar-refractivity contribution in [2.24, 2.45) is 7.05 Å². The van der Waals surface area contributed by atoms with E-state index < -0.39 is 0 Å². The molecular weight excluding hydrogens is 244 g/mol. The zero-order valence-electron chi connectivity index (χ0n) is 10.2. The maximum absolute atomic E-state index is 12.1. The highest BCUT2D eigenvalue weighted by molar-refractivity contribution is 7.21. The monoisotopic (exact) mass is 256 g/mol. The van der Waals surface area contributed by atoms with E-state index >= 15 is 0 Å². The third-order valence-corrected chi connectivity index (χ3v) is 4.13. The lowest BCUT2D eigenvalue weighted by molar-refractivity contribution is 0.794. The van der Waals surface area contributed by atoms with Gasteiger partial charge in [0, 0.05) is 11.9 Å². The zero-order chi connectivity index (χ0) is 12.7. The molecule has 0 N–H and O–H groups in total. The van der Waals surface area contributed by atoms with Crippen molar-refractivity contribution in [3.05, 3.63) is 52.6 Å². The summed E-state index contributed by atoms with van der Waals surface area (Å²) in [7, 11) is 1.75. The van der Waals surface area contributed by atoms with E-state index in [0.29, 0.717) is 5.39 Å². The van der Waals surface area contributed by atoms with E-state index in [0.717, 1.165) is 21.1 Å². The molecule has 0 unspecified atom stereocenters. The van der Waals surface area contributed by atoms with Gasteiger partial charge < -0.3 is 0 Å². The van der Waals surface area contributed by atoms with Gasteiger partial charge in [0.1, 0.15) is 10.7 Å². The van der Waals surface area contributed by atoms with Gasteiger partial charge in [-0.15, -0.1) is 11.3 Å². The largest absolute Gasteiger partial charge is 0.299 e. The third-order valence-electron chi connectivity index (χ3n) is 3.05. The highest BCUT2D eigenvalue weighted by Crippen LogP contribution is 2.30. The number of thiophene rings is 1. The van der Waals surface area contributed by atoms with Crippen molar-refractivity contribution in [1.29, 1.82) is 0 Å². The van der Waals surface area contributed by atoms with Gasteiger partial charge >= 0.3 is 0 Å². The summed E-state index contributed by atoms with van der Waals surface area (Å²) in [6.45, 7) is 1.85. The lowest BCUT2D eigenvalue weighted by atomic mass is 10.2. The maximum Gasteiger partial charge on any atom is 0.262 e. The normalized spacial score (nSPS) is 11.0. The van der Waals surface area contributed by atoms with E-state index in [4.69, 9.17) is 0 Å². The van der Waals surface area contributed by atoms with Crippen molar-refractivity contribution >= 4 is 21.6 Å². The van der Waals surface area contributed by atoms with Gasteiger partial charge in [-0.1, -0.05) is 30.3 Å². The summed E-state index contributed by atoms with van der Waals surface area (Å²) in [5.41, 5.74) is 1.15. The number of nitrogens with zero attached hydrogens (tertiary/aromatic N) is 2. The number of fused-ring (bicyclic) bond motifs is 1. The topological polar surface area (TPSA) is 34.9 Å². The first-order valence-corrected chi connectivity index (χ1v) is 6.51. The van der Waals surface area contributed by atoms with Crippen LogP contribution in [-0.2, 0) is 7.05 Å². The van der Waals surface area contributed by atoms with Crippen molar-refractivity contribution in [2.75, 3.05) is 0 Å². The molecule has 2 heterocycles. The molecule has 0 radical (unpaired) electrons. The van der Waals surface area contributed by atoms with Crippen molar-refractivity contribution in [3.8, 4) is 10.4 Å². The molecule has 1 aromatic carbocycles. The molecule has 0 fully saturated rings. The summed E-state index contributed by atoms with van der Waals surface area (Å²) in [4.78, 5) is 18.5. The van der Waals surface area contributed by atoms with E-state index in [1.807, 2.05) is 43.3 Å². The molecule has 90 valence electrons. The molecule has 4 heteroatoms. The van der Waals surface area contributed by atoms with Crippen LogP contribution >= 0.6 is 11.3 Å². The van der Waals surface area contributed by atoms with E-state index in [1.165, 1.54) is 0 Å². The molecule has 0 bridgehead atoms. The Bertz CT molecular complexity index is 772. The van der Waals surface area contributed by atoms with Crippen LogP contribution in [0.3, 0.4) is 0 Å². The quantitative estimate of drug-likeness (QED) is 0.671. The Morgan fingerprint density at radius 1 is 1.22 bits per heavy atom. The molecule has 0 spiro atoms. The molecular formula is C14H12N2OS. The number of rotatable bonds is 1. The first-order valence-electron chi connectivity index (χ1n) is 5.69. The average molecular weight is 256 g/mol. The molecule has 0 saturated carbocycles. The molecule has 3 nitrogen and oxygen atoms in total. The second-order valence-electron chi connectivity index (χ2n) is 4.22. The summed E-state index contributed by atoms with van der Waals surface area (Å²) < 4.78 is 1.59. The van der Waals surface area contributed by atoms with Crippen LogP contribution in [0.25, 0.3) is 20.7 Å². The molecule has 2 aromatic heterocycles. The SMILES string of the molecule is Cc1nc2sc(-c3ccccc3)cc2c(=O)n1C. The van der Waals surface area contributed by atoms with Gasteiger partial charge in [-0.25, -0.2) is 4.98 Å². The van der Waals surface area contributed by atoms with Crippen LogP contribution in [-0.4, -0.2) is 9.55 Å². The lowest BCUT2D eigenvalue weighted by Crippen LogP contribution is -2.19. The lowest BCUT2D eigenvalue weighted by Gasteiger charge is -2.00. The van der Waals surface area contributed by atoms with Crippen molar-refractivity contribution in [1.82, 2.24) is 9.55 Å². The van der Waals surface area contributed by atoms with E-state index in [2.05, 4.69) is 4.98 Å². The van der Waals surface area contributed by atoms with E-state index in [9.17, 15) is 4.79 Å². The Morgan fingerprint density at radius 3 is 2.67 bits per heavy atom. The fourth-order valence-corrected chi connectivity index (χ4v) is 2.98. The highest BCUT2D eigenvalue weighted by Gasteiger charge is 2.10. The first-order chi connectivity index (χ1) is 8.66. The molecule has 0 aliphatic heterocycles. The summed E-state index contributed by atoms with van der Waals surface area (Å²) >= 11 is 1.56. The van der Waals surface area contributed by atoms with Gasteiger partial charge in [0.25, 0.3) is 5.56 Å². The fourth-order valence-electron chi connectivity index (χ4n) is 1.91. The predicted molar refractivity (Wildman–Crippen MR) is 75.0 cm³/mol. The maximum atomic E-state index is 12.1. The van der Waals surface area contributed by atoms with Gasteiger partial charge in [-0.3, -0.25) is 9.36 Å². The van der Waals surface area contributed by atoms with Crippen LogP contribution in [0.4, 0.5) is 0 Å². The van der Waals surface area contributed by atoms with Gasteiger partial charge in [0.05, 0.1) is 5.39 Å². The fraction of sp³-hybridized carbons (Fsp3) is 0.143. The molecule has 0 aliphatic carbocycles. The Morgan fingerprint density at radius 2 is 1.94 bits per heavy atom. The van der Waals surface area contributed by atoms with Crippen LogP contribution in [0, 0.1) is 6.92 Å². The van der Waals surface area contributed by atoms with E-state index in [-0.39, 0.29) is 5.56 Å². The van der Waals surface area contributed by atoms with Gasteiger partial charge in [0.2, 0.25) is 0 Å². The highest BCUT2D eigenvalue weighted by atomic mass is 32.1. The number of hydrogen-bond acceptors (Lipinski definition) is 3. The molecule has 18 heavy (non-hydrogen) atoms. The van der Waals surface area contributed by atoms with Gasteiger partial charge in [-0.05, 0) is 18.6 Å². The molecule has 0 amide bonds. The second kappa shape index (κ2) is 4.07. The number of benzene rings is 1. The van der Waals surface area contributed by atoms with Crippen LogP contribution in [0.1, 0.15) is 5.82 Å².